The van der Waals surface area contributed by atoms with Crippen LogP contribution < -0.4 is 4.74 Å². The van der Waals surface area contributed by atoms with Crippen molar-refractivity contribution in [2.24, 2.45) is 5.92 Å². The van der Waals surface area contributed by atoms with Gasteiger partial charge in [-0.25, -0.2) is 0 Å². The first-order valence-corrected chi connectivity index (χ1v) is 11.8. The standard InChI is InChI=1S/C26H38NO3/c1-5-27(15-7-6-8-16-27)17-18-29-21-11-9-20(10-12-21)19-22-23-13-14-26(4,24(22)28)30-25(23,2)3/h9-12,19,23H,5-8,13-18H2,1-4H3/q+1/b22-19-. The number of ketones is 1. The molecule has 0 radical (unpaired) electrons. The number of piperidine rings is 1. The topological polar surface area (TPSA) is 35.5 Å². The number of hydrogen-bond donors (Lipinski definition) is 0. The van der Waals surface area contributed by atoms with Crippen molar-refractivity contribution in [3.63, 3.8) is 0 Å². The molecule has 0 N–H and O–H groups in total. The van der Waals surface area contributed by atoms with Crippen LogP contribution in [0, 0.1) is 5.92 Å². The lowest BCUT2D eigenvalue weighted by molar-refractivity contribution is -0.930. The summed E-state index contributed by atoms with van der Waals surface area (Å²) in [6.07, 6.45) is 7.98. The molecule has 3 heterocycles. The Balaban J connectivity index is 1.41. The number of carbonyl (C=O) groups excluding carboxylic acids is 1. The Morgan fingerprint density at radius 3 is 2.47 bits per heavy atom. The van der Waals surface area contributed by atoms with Gasteiger partial charge in [0.15, 0.2) is 5.78 Å². The Bertz CT molecular complexity index is 804. The van der Waals surface area contributed by atoms with Crippen LogP contribution in [0.25, 0.3) is 6.08 Å². The van der Waals surface area contributed by atoms with Crippen LogP contribution in [0.2, 0.25) is 0 Å². The molecular formula is C26H38NO3+. The fourth-order valence-corrected chi connectivity index (χ4v) is 5.87. The van der Waals surface area contributed by atoms with E-state index < -0.39 is 5.60 Å². The van der Waals surface area contributed by atoms with Gasteiger partial charge in [-0.2, -0.15) is 0 Å². The average molecular weight is 413 g/mol. The van der Waals surface area contributed by atoms with Crippen molar-refractivity contribution < 1.29 is 18.8 Å². The second-order valence-electron chi connectivity index (χ2n) is 10.3. The summed E-state index contributed by atoms with van der Waals surface area (Å²) in [4.78, 5) is 13.0. The molecule has 1 aliphatic carbocycles. The van der Waals surface area contributed by atoms with Crippen LogP contribution in [-0.2, 0) is 9.53 Å². The second-order valence-corrected chi connectivity index (χ2v) is 10.3. The lowest BCUT2D eigenvalue weighted by atomic mass is 9.65. The van der Waals surface area contributed by atoms with E-state index >= 15 is 0 Å². The molecule has 0 aromatic heterocycles. The van der Waals surface area contributed by atoms with E-state index in [9.17, 15) is 4.79 Å². The van der Waals surface area contributed by atoms with Crippen LogP contribution in [0.15, 0.2) is 29.8 Å². The molecule has 4 aliphatic rings. The molecule has 1 aromatic carbocycles. The third-order valence-corrected chi connectivity index (χ3v) is 7.83. The second kappa shape index (κ2) is 8.12. The smallest absolute Gasteiger partial charge is 0.190 e. The van der Waals surface area contributed by atoms with Gasteiger partial charge < -0.3 is 14.0 Å². The number of benzene rings is 1. The molecule has 3 aliphatic heterocycles. The highest BCUT2D eigenvalue weighted by Crippen LogP contribution is 2.50. The van der Waals surface area contributed by atoms with Crippen LogP contribution in [0.3, 0.4) is 0 Å². The molecule has 2 atom stereocenters. The lowest BCUT2D eigenvalue weighted by Gasteiger charge is -2.53. The molecule has 2 bridgehead atoms. The number of hydrogen-bond acceptors (Lipinski definition) is 3. The van der Waals surface area contributed by atoms with Crippen LogP contribution in [-0.4, -0.2) is 54.3 Å². The van der Waals surface area contributed by atoms with Gasteiger partial charge in [0.05, 0.1) is 25.2 Å². The summed E-state index contributed by atoms with van der Waals surface area (Å²) in [6, 6.07) is 8.21. The number of likely N-dealkylation sites (N-methyl/N-ethyl adjacent to an activating group) is 1. The maximum absolute atomic E-state index is 13.0. The summed E-state index contributed by atoms with van der Waals surface area (Å²) in [7, 11) is 0. The van der Waals surface area contributed by atoms with Gasteiger partial charge in [-0.15, -0.1) is 0 Å². The Hall–Kier alpha value is -1.65. The molecule has 0 amide bonds. The number of ether oxygens (including phenoxy) is 2. The third kappa shape index (κ3) is 4.09. The van der Waals surface area contributed by atoms with E-state index in [1.54, 1.807) is 0 Å². The monoisotopic (exact) mass is 412 g/mol. The molecule has 0 spiro atoms. The predicted molar refractivity (Wildman–Crippen MR) is 120 cm³/mol. The minimum Gasteiger partial charge on any atom is -0.488 e. The highest BCUT2D eigenvalue weighted by molar-refractivity contribution is 6.07. The zero-order valence-electron chi connectivity index (χ0n) is 19.2. The van der Waals surface area contributed by atoms with Crippen molar-refractivity contribution in [2.75, 3.05) is 32.8 Å². The van der Waals surface area contributed by atoms with E-state index in [1.807, 2.05) is 19.1 Å². The van der Waals surface area contributed by atoms with Gasteiger partial charge in [-0.05, 0) is 83.6 Å². The van der Waals surface area contributed by atoms with Gasteiger partial charge in [0.1, 0.15) is 24.5 Å². The largest absolute Gasteiger partial charge is 0.488 e. The van der Waals surface area contributed by atoms with Gasteiger partial charge in [0, 0.05) is 11.5 Å². The maximum Gasteiger partial charge on any atom is 0.190 e. The Labute approximate surface area is 181 Å². The minimum atomic E-state index is -0.667. The number of rotatable bonds is 6. The molecule has 3 saturated heterocycles. The number of quaternary nitrogens is 1. The average Bonchev–Trinajstić information content (AvgIpc) is 2.72. The molecule has 30 heavy (non-hydrogen) atoms. The van der Waals surface area contributed by atoms with Crippen molar-refractivity contribution in [3.8, 4) is 5.75 Å². The zero-order valence-corrected chi connectivity index (χ0v) is 19.2. The van der Waals surface area contributed by atoms with Crippen molar-refractivity contribution >= 4 is 11.9 Å². The Morgan fingerprint density at radius 2 is 1.83 bits per heavy atom. The molecule has 1 aromatic rings. The van der Waals surface area contributed by atoms with Crippen LogP contribution >= 0.6 is 0 Å². The highest BCUT2D eigenvalue weighted by Gasteiger charge is 2.56. The van der Waals surface area contributed by atoms with E-state index in [4.69, 9.17) is 9.47 Å². The first kappa shape index (κ1) is 21.6. The molecule has 4 nitrogen and oxygen atoms in total. The summed E-state index contributed by atoms with van der Waals surface area (Å²) in [5.41, 5.74) is 1.03. The number of Topliss-reactive ketones (excluding diaryl/α,β-unsaturated/α-hetero) is 1. The van der Waals surface area contributed by atoms with Crippen LogP contribution in [0.1, 0.15) is 65.4 Å². The van der Waals surface area contributed by atoms with Crippen molar-refractivity contribution in [3.05, 3.63) is 35.4 Å². The first-order chi connectivity index (χ1) is 14.3. The van der Waals surface area contributed by atoms with Crippen LogP contribution in [0.4, 0.5) is 0 Å². The van der Waals surface area contributed by atoms with E-state index in [1.165, 1.54) is 43.4 Å². The third-order valence-electron chi connectivity index (χ3n) is 7.83. The Kier molecular flexibility index (Phi) is 5.84. The summed E-state index contributed by atoms with van der Waals surface area (Å²) < 4.78 is 13.4. The number of nitrogens with zero attached hydrogens (tertiary/aromatic N) is 1. The SMILES string of the molecule is CC[N+]1(CCOc2ccc(/C=C3\C(=O)C4(C)CCC3C(C)(C)O4)cc2)CCCCC1. The van der Waals surface area contributed by atoms with Gasteiger partial charge >= 0.3 is 0 Å². The first-order valence-electron chi connectivity index (χ1n) is 11.8. The molecule has 164 valence electrons. The molecule has 4 heteroatoms. The normalized spacial score (nSPS) is 31.1. The highest BCUT2D eigenvalue weighted by atomic mass is 16.5. The minimum absolute atomic E-state index is 0.161. The van der Waals surface area contributed by atoms with Gasteiger partial charge in [0.2, 0.25) is 0 Å². The quantitative estimate of drug-likeness (QED) is 0.486. The van der Waals surface area contributed by atoms with Crippen LogP contribution in [0.5, 0.6) is 5.75 Å². The summed E-state index contributed by atoms with van der Waals surface area (Å²) in [5, 5.41) is 0. The number of fused-ring (bicyclic) bond motifs is 3. The zero-order chi connectivity index (χ0) is 21.4. The molecule has 5 rings (SSSR count). The van der Waals surface area contributed by atoms with Crippen molar-refractivity contribution in [1.29, 1.82) is 0 Å². The fourth-order valence-electron chi connectivity index (χ4n) is 5.87. The maximum atomic E-state index is 13.0. The van der Waals surface area contributed by atoms with E-state index in [0.717, 1.165) is 42.9 Å². The molecule has 4 fully saturated rings. The molecule has 1 saturated carbocycles. The van der Waals surface area contributed by atoms with Gasteiger partial charge in [-0.3, -0.25) is 4.79 Å². The van der Waals surface area contributed by atoms with E-state index in [2.05, 4.69) is 39.0 Å². The fraction of sp³-hybridized carbons (Fsp3) is 0.654. The van der Waals surface area contributed by atoms with E-state index in [0.29, 0.717) is 0 Å². The lowest BCUT2D eigenvalue weighted by Crippen LogP contribution is -2.60. The number of carbonyl (C=O) groups is 1. The summed E-state index contributed by atoms with van der Waals surface area (Å²) >= 11 is 0. The van der Waals surface area contributed by atoms with Gasteiger partial charge in [0.25, 0.3) is 0 Å². The summed E-state index contributed by atoms with van der Waals surface area (Å²) in [6.45, 7) is 14.1. The molecular weight excluding hydrogens is 374 g/mol. The van der Waals surface area contributed by atoms with Crippen molar-refractivity contribution in [2.45, 2.75) is 71.0 Å². The predicted octanol–water partition coefficient (Wildman–Crippen LogP) is 5.02. The van der Waals surface area contributed by atoms with E-state index in [-0.39, 0.29) is 17.3 Å². The van der Waals surface area contributed by atoms with Gasteiger partial charge in [-0.1, -0.05) is 12.1 Å². The summed E-state index contributed by atoms with van der Waals surface area (Å²) in [5.74, 6) is 1.24. The Morgan fingerprint density at radius 1 is 1.13 bits per heavy atom. The van der Waals surface area contributed by atoms with Crippen molar-refractivity contribution in [1.82, 2.24) is 0 Å². The number of likely N-dealkylation sites (tertiary alicyclic amines) is 1. The molecule has 2 unspecified atom stereocenters.